The molecular weight excluding hydrogens is 349 g/mol. The summed E-state index contributed by atoms with van der Waals surface area (Å²) in [6.45, 7) is 0. The predicted octanol–water partition coefficient (Wildman–Crippen LogP) is 1.68. The van der Waals surface area contributed by atoms with Gasteiger partial charge in [-0.1, -0.05) is 6.07 Å². The third-order valence-electron chi connectivity index (χ3n) is 3.75. The first-order valence-electron chi connectivity index (χ1n) is 7.18. The topological polar surface area (TPSA) is 98.5 Å². The Labute approximate surface area is 137 Å². The maximum atomic E-state index is 12.2. The Morgan fingerprint density at radius 3 is 2.50 bits per heavy atom. The van der Waals surface area contributed by atoms with Crippen LogP contribution in [-0.4, -0.2) is 38.2 Å². The fourth-order valence-corrected chi connectivity index (χ4v) is 4.01. The molecule has 1 aliphatic rings. The van der Waals surface area contributed by atoms with Crippen LogP contribution in [0.3, 0.4) is 0 Å². The van der Waals surface area contributed by atoms with Gasteiger partial charge in [-0.3, -0.25) is 4.79 Å². The number of carbonyl (C=O) groups is 1. The van der Waals surface area contributed by atoms with E-state index in [1.165, 1.54) is 12.1 Å². The number of rotatable bonds is 4. The highest BCUT2D eigenvalue weighted by Gasteiger charge is 2.32. The van der Waals surface area contributed by atoms with E-state index in [0.29, 0.717) is 0 Å². The monoisotopic (exact) mass is 366 g/mol. The van der Waals surface area contributed by atoms with E-state index >= 15 is 0 Å². The molecule has 134 valence electrons. The van der Waals surface area contributed by atoms with Crippen molar-refractivity contribution in [2.75, 3.05) is 16.8 Å². The number of alkyl halides is 3. The second-order valence-corrected chi connectivity index (χ2v) is 7.88. The molecule has 0 spiro atoms. The minimum Gasteiger partial charge on any atom is -0.406 e. The van der Waals surface area contributed by atoms with Crippen molar-refractivity contribution in [3.05, 3.63) is 24.3 Å². The molecule has 2 rings (SSSR count). The number of halogens is 3. The van der Waals surface area contributed by atoms with Crippen LogP contribution in [0, 0.1) is 5.92 Å². The lowest BCUT2D eigenvalue weighted by molar-refractivity contribution is -0.274. The Hall–Kier alpha value is -1.81. The molecule has 0 saturated carbocycles. The number of nitrogens with two attached hydrogens (primary N) is 1. The van der Waals surface area contributed by atoms with Crippen LogP contribution in [0.2, 0.25) is 0 Å². The van der Waals surface area contributed by atoms with E-state index in [1.807, 2.05) is 0 Å². The Morgan fingerprint density at radius 1 is 1.29 bits per heavy atom. The molecule has 0 bridgehead atoms. The van der Waals surface area contributed by atoms with Gasteiger partial charge < -0.3 is 15.8 Å². The number of nitrogens with one attached hydrogen (secondary N) is 1. The molecular formula is C14H17F3N2O4S. The van der Waals surface area contributed by atoms with E-state index in [1.54, 1.807) is 0 Å². The molecule has 1 aromatic rings. The average molecular weight is 366 g/mol. The fourth-order valence-electron chi connectivity index (χ4n) is 2.48. The molecule has 0 aliphatic carbocycles. The third kappa shape index (κ3) is 5.38. The molecule has 1 fully saturated rings. The lowest BCUT2D eigenvalue weighted by Crippen LogP contribution is -2.44. The number of benzene rings is 1. The highest BCUT2D eigenvalue weighted by Crippen LogP contribution is 2.26. The third-order valence-corrected chi connectivity index (χ3v) is 5.46. The van der Waals surface area contributed by atoms with Gasteiger partial charge in [0.25, 0.3) is 0 Å². The zero-order valence-electron chi connectivity index (χ0n) is 12.5. The molecule has 0 radical (unpaired) electrons. The molecule has 1 aromatic carbocycles. The summed E-state index contributed by atoms with van der Waals surface area (Å²) in [4.78, 5) is 12.1. The summed E-state index contributed by atoms with van der Waals surface area (Å²) in [6.07, 6.45) is -4.26. The molecule has 10 heteroatoms. The lowest BCUT2D eigenvalue weighted by Gasteiger charge is -2.26. The summed E-state index contributed by atoms with van der Waals surface area (Å²) in [5.41, 5.74) is 5.96. The van der Waals surface area contributed by atoms with Crippen LogP contribution in [0.25, 0.3) is 0 Å². The van der Waals surface area contributed by atoms with Crippen molar-refractivity contribution in [1.82, 2.24) is 0 Å². The molecule has 3 N–H and O–H groups in total. The molecule has 1 saturated heterocycles. The summed E-state index contributed by atoms with van der Waals surface area (Å²) in [6, 6.07) is 3.90. The molecule has 1 amide bonds. The molecule has 1 atom stereocenters. The summed E-state index contributed by atoms with van der Waals surface area (Å²) < 4.78 is 63.1. The minimum absolute atomic E-state index is 0.0203. The molecule has 6 nitrogen and oxygen atoms in total. The van der Waals surface area contributed by atoms with Crippen LogP contribution in [-0.2, 0) is 14.6 Å². The molecule has 1 aliphatic heterocycles. The Morgan fingerprint density at radius 2 is 1.92 bits per heavy atom. The predicted molar refractivity (Wildman–Crippen MR) is 81.1 cm³/mol. The Balaban J connectivity index is 1.98. The zero-order chi connectivity index (χ0) is 18.0. The van der Waals surface area contributed by atoms with E-state index in [0.717, 1.165) is 12.1 Å². The van der Waals surface area contributed by atoms with Gasteiger partial charge in [-0.05, 0) is 30.9 Å². The first kappa shape index (κ1) is 18.5. The van der Waals surface area contributed by atoms with Crippen LogP contribution < -0.4 is 15.8 Å². The van der Waals surface area contributed by atoms with Crippen LogP contribution in [0.15, 0.2) is 24.3 Å². The van der Waals surface area contributed by atoms with Gasteiger partial charge in [0.05, 0.1) is 17.5 Å². The van der Waals surface area contributed by atoms with Gasteiger partial charge in [0.1, 0.15) is 15.6 Å². The van der Waals surface area contributed by atoms with Crippen molar-refractivity contribution >= 4 is 21.4 Å². The maximum absolute atomic E-state index is 12.2. The van der Waals surface area contributed by atoms with E-state index < -0.39 is 33.9 Å². The van der Waals surface area contributed by atoms with Crippen LogP contribution in [0.5, 0.6) is 5.75 Å². The first-order valence-corrected chi connectivity index (χ1v) is 9.00. The number of hydrogen-bond donors (Lipinski definition) is 2. The SMILES string of the molecule is NC(C(=O)Nc1cccc(OC(F)(F)F)c1)C1CCS(=O)(=O)CC1. The zero-order valence-corrected chi connectivity index (χ0v) is 13.4. The van der Waals surface area contributed by atoms with Crippen molar-refractivity contribution in [1.29, 1.82) is 0 Å². The number of anilines is 1. The highest BCUT2D eigenvalue weighted by molar-refractivity contribution is 7.91. The Bertz CT molecular complexity index is 692. The summed E-state index contributed by atoms with van der Waals surface area (Å²) >= 11 is 0. The van der Waals surface area contributed by atoms with Gasteiger partial charge in [0.2, 0.25) is 5.91 Å². The molecule has 0 aromatic heterocycles. The minimum atomic E-state index is -4.83. The van der Waals surface area contributed by atoms with Crippen molar-refractivity contribution in [2.45, 2.75) is 25.2 Å². The summed E-state index contributed by atoms with van der Waals surface area (Å²) in [5, 5.41) is 2.43. The standard InChI is InChI=1S/C14H17F3N2O4S/c15-14(16,17)23-11-3-1-2-10(8-11)19-13(20)12(18)9-4-6-24(21,22)7-5-9/h1-3,8-9,12H,4-7,18H2,(H,19,20). The average Bonchev–Trinajstić information content (AvgIpc) is 2.45. The lowest BCUT2D eigenvalue weighted by atomic mass is 9.93. The van der Waals surface area contributed by atoms with Gasteiger partial charge in [-0.25, -0.2) is 8.42 Å². The van der Waals surface area contributed by atoms with Gasteiger partial charge >= 0.3 is 6.36 Å². The van der Waals surface area contributed by atoms with Gasteiger partial charge in [-0.2, -0.15) is 0 Å². The van der Waals surface area contributed by atoms with Gasteiger partial charge in [0, 0.05) is 11.8 Å². The van der Waals surface area contributed by atoms with E-state index in [2.05, 4.69) is 10.1 Å². The quantitative estimate of drug-likeness (QED) is 0.845. The molecule has 1 heterocycles. The van der Waals surface area contributed by atoms with Crippen molar-refractivity contribution in [2.24, 2.45) is 11.7 Å². The van der Waals surface area contributed by atoms with Crippen LogP contribution in [0.1, 0.15) is 12.8 Å². The van der Waals surface area contributed by atoms with Crippen molar-refractivity contribution < 1.29 is 31.1 Å². The molecule has 24 heavy (non-hydrogen) atoms. The normalized spacial score (nSPS) is 19.5. The number of amides is 1. The fraction of sp³-hybridized carbons (Fsp3) is 0.500. The smallest absolute Gasteiger partial charge is 0.406 e. The number of carbonyl (C=O) groups excluding carboxylic acids is 1. The second kappa shape index (κ2) is 6.98. The van der Waals surface area contributed by atoms with Crippen molar-refractivity contribution in [3.63, 3.8) is 0 Å². The Kier molecular flexibility index (Phi) is 5.38. The summed E-state index contributed by atoms with van der Waals surface area (Å²) in [7, 11) is -3.07. The van der Waals surface area contributed by atoms with E-state index in [4.69, 9.17) is 5.73 Å². The number of ether oxygens (including phenoxy) is 1. The van der Waals surface area contributed by atoms with Crippen LogP contribution in [0.4, 0.5) is 18.9 Å². The van der Waals surface area contributed by atoms with Crippen molar-refractivity contribution in [3.8, 4) is 5.75 Å². The number of hydrogen-bond acceptors (Lipinski definition) is 5. The molecule has 1 unspecified atom stereocenters. The van der Waals surface area contributed by atoms with E-state index in [9.17, 15) is 26.4 Å². The van der Waals surface area contributed by atoms with Crippen LogP contribution >= 0.6 is 0 Å². The largest absolute Gasteiger partial charge is 0.573 e. The van der Waals surface area contributed by atoms with Gasteiger partial charge in [-0.15, -0.1) is 13.2 Å². The highest BCUT2D eigenvalue weighted by atomic mass is 32.2. The first-order chi connectivity index (χ1) is 11.1. The second-order valence-electron chi connectivity index (χ2n) is 5.58. The maximum Gasteiger partial charge on any atom is 0.573 e. The van der Waals surface area contributed by atoms with E-state index in [-0.39, 0.29) is 36.0 Å². The van der Waals surface area contributed by atoms with Gasteiger partial charge in [0.15, 0.2) is 0 Å². The number of sulfone groups is 1. The summed E-state index contributed by atoms with van der Waals surface area (Å²) in [5.74, 6) is -1.37.